The van der Waals surface area contributed by atoms with Crippen molar-refractivity contribution >= 4 is 16.8 Å². The number of amides is 1. The molecule has 1 aliphatic rings. The van der Waals surface area contributed by atoms with E-state index in [2.05, 4.69) is 0 Å². The van der Waals surface area contributed by atoms with Crippen LogP contribution in [0.3, 0.4) is 0 Å². The van der Waals surface area contributed by atoms with Gasteiger partial charge in [-0.3, -0.25) is 9.78 Å². The van der Waals surface area contributed by atoms with Crippen molar-refractivity contribution in [3.63, 3.8) is 0 Å². The summed E-state index contributed by atoms with van der Waals surface area (Å²) in [5.74, 6) is 0.453. The van der Waals surface area contributed by atoms with Crippen molar-refractivity contribution in [2.75, 3.05) is 20.2 Å². The second kappa shape index (κ2) is 5.45. The number of rotatable bonds is 4. The molecule has 1 heterocycles. The predicted octanol–water partition coefficient (Wildman–Crippen LogP) is 2.48. The van der Waals surface area contributed by atoms with Crippen LogP contribution in [0, 0.1) is 6.92 Å². The van der Waals surface area contributed by atoms with Gasteiger partial charge >= 0.3 is 0 Å². The maximum Gasteiger partial charge on any atom is 0.254 e. The topological polar surface area (TPSA) is 53.4 Å². The highest BCUT2D eigenvalue weighted by Gasteiger charge is 2.27. The Bertz CT molecular complexity index is 692. The van der Waals surface area contributed by atoms with E-state index in [1.807, 2.05) is 31.2 Å². The molecule has 1 aromatic carbocycles. The van der Waals surface area contributed by atoms with Gasteiger partial charge in [0.1, 0.15) is 0 Å². The summed E-state index contributed by atoms with van der Waals surface area (Å²) in [6.07, 6.45) is 2.31. The van der Waals surface area contributed by atoms with Crippen molar-refractivity contribution < 1.29 is 9.90 Å². The van der Waals surface area contributed by atoms with E-state index in [0.717, 1.165) is 35.0 Å². The van der Waals surface area contributed by atoms with Gasteiger partial charge in [0.2, 0.25) is 0 Å². The van der Waals surface area contributed by atoms with Crippen molar-refractivity contribution in [2.45, 2.75) is 25.7 Å². The Morgan fingerprint density at radius 3 is 2.81 bits per heavy atom. The molecule has 4 nitrogen and oxygen atoms in total. The number of aliphatic hydroxyl groups is 1. The summed E-state index contributed by atoms with van der Waals surface area (Å²) in [5, 5.41) is 9.93. The average molecular weight is 284 g/mol. The first-order chi connectivity index (χ1) is 10.1. The molecule has 1 N–H and O–H groups in total. The number of likely N-dealkylation sites (N-methyl/N-ethyl adjacent to an activating group) is 1. The van der Waals surface area contributed by atoms with Crippen LogP contribution in [0.5, 0.6) is 0 Å². The lowest BCUT2D eigenvalue weighted by atomic mass is 10.0. The van der Waals surface area contributed by atoms with Crippen LogP contribution in [0.4, 0.5) is 0 Å². The number of benzene rings is 1. The number of carbonyl (C=O) groups excluding carboxylic acids is 1. The number of hydrogen-bond acceptors (Lipinski definition) is 3. The van der Waals surface area contributed by atoms with E-state index in [9.17, 15) is 4.79 Å². The van der Waals surface area contributed by atoms with E-state index < -0.39 is 0 Å². The van der Waals surface area contributed by atoms with E-state index in [1.165, 1.54) is 0 Å². The maximum atomic E-state index is 12.6. The molecule has 0 bridgehead atoms. The fraction of sp³-hybridized carbons (Fsp3) is 0.412. The van der Waals surface area contributed by atoms with Gasteiger partial charge in [-0.25, -0.2) is 0 Å². The van der Waals surface area contributed by atoms with Crippen LogP contribution in [0.15, 0.2) is 24.3 Å². The minimum absolute atomic E-state index is 0.0280. The zero-order valence-electron chi connectivity index (χ0n) is 12.5. The molecule has 0 aliphatic heterocycles. The minimum Gasteiger partial charge on any atom is -0.395 e. The maximum absolute atomic E-state index is 12.6. The summed E-state index contributed by atoms with van der Waals surface area (Å²) in [6, 6.07) is 7.96. The second-order valence-electron chi connectivity index (χ2n) is 5.84. The minimum atomic E-state index is -0.0519. The van der Waals surface area contributed by atoms with Gasteiger partial charge in [0.05, 0.1) is 17.7 Å². The first-order valence-electron chi connectivity index (χ1n) is 7.38. The Kier molecular flexibility index (Phi) is 3.64. The number of hydrogen-bond donors (Lipinski definition) is 1. The van der Waals surface area contributed by atoms with Crippen molar-refractivity contribution in [2.24, 2.45) is 0 Å². The summed E-state index contributed by atoms with van der Waals surface area (Å²) in [7, 11) is 1.72. The molecule has 1 saturated carbocycles. The summed E-state index contributed by atoms with van der Waals surface area (Å²) in [6.45, 7) is 2.33. The molecule has 0 unspecified atom stereocenters. The van der Waals surface area contributed by atoms with Crippen molar-refractivity contribution in [1.82, 2.24) is 9.88 Å². The highest BCUT2D eigenvalue weighted by atomic mass is 16.3. The number of pyridine rings is 1. The smallest absolute Gasteiger partial charge is 0.254 e. The quantitative estimate of drug-likeness (QED) is 0.938. The van der Waals surface area contributed by atoms with Gasteiger partial charge in [-0.1, -0.05) is 11.6 Å². The molecule has 1 aromatic heterocycles. The first-order valence-corrected chi connectivity index (χ1v) is 7.38. The van der Waals surface area contributed by atoms with Gasteiger partial charge in [0, 0.05) is 30.6 Å². The molecule has 1 fully saturated rings. The molecule has 21 heavy (non-hydrogen) atoms. The molecular weight excluding hydrogens is 264 g/mol. The molecule has 1 amide bonds. The van der Waals surface area contributed by atoms with Gasteiger partial charge in [-0.15, -0.1) is 0 Å². The van der Waals surface area contributed by atoms with E-state index in [0.29, 0.717) is 18.0 Å². The zero-order valence-corrected chi connectivity index (χ0v) is 12.5. The number of aromatic nitrogens is 1. The largest absolute Gasteiger partial charge is 0.395 e. The normalized spacial score (nSPS) is 14.4. The number of aryl methyl sites for hydroxylation is 1. The lowest BCUT2D eigenvalue weighted by Gasteiger charge is -2.18. The fourth-order valence-electron chi connectivity index (χ4n) is 2.58. The van der Waals surface area contributed by atoms with Crippen LogP contribution >= 0.6 is 0 Å². The Hall–Kier alpha value is -1.94. The fourth-order valence-corrected chi connectivity index (χ4v) is 2.58. The molecule has 3 rings (SSSR count). The van der Waals surface area contributed by atoms with E-state index in [1.54, 1.807) is 11.9 Å². The molecule has 0 atom stereocenters. The van der Waals surface area contributed by atoms with Crippen LogP contribution in [0.1, 0.15) is 40.4 Å². The third kappa shape index (κ3) is 2.76. The predicted molar refractivity (Wildman–Crippen MR) is 82.5 cm³/mol. The third-order valence-corrected chi connectivity index (χ3v) is 3.99. The van der Waals surface area contributed by atoms with Crippen LogP contribution in [-0.4, -0.2) is 41.1 Å². The summed E-state index contributed by atoms with van der Waals surface area (Å²) in [4.78, 5) is 18.9. The van der Waals surface area contributed by atoms with Crippen LogP contribution in [-0.2, 0) is 0 Å². The molecule has 1 aliphatic carbocycles. The standard InChI is InChI=1S/C17H20N2O2/c1-11-3-6-15-13(9-11)14(17(21)19(2)7-8-20)10-16(18-15)12-4-5-12/h3,6,9-10,12,20H,4-5,7-8H2,1-2H3. The van der Waals surface area contributed by atoms with E-state index >= 15 is 0 Å². The molecule has 0 saturated heterocycles. The number of carbonyl (C=O) groups is 1. The second-order valence-corrected chi connectivity index (χ2v) is 5.84. The Labute approximate surface area is 124 Å². The van der Waals surface area contributed by atoms with Gasteiger partial charge in [-0.2, -0.15) is 0 Å². The monoisotopic (exact) mass is 284 g/mol. The Balaban J connectivity index is 2.13. The van der Waals surface area contributed by atoms with Crippen molar-refractivity contribution in [3.8, 4) is 0 Å². The molecule has 110 valence electrons. The molecule has 4 heteroatoms. The zero-order chi connectivity index (χ0) is 15.0. The van der Waals surface area contributed by atoms with Crippen LogP contribution < -0.4 is 0 Å². The first kappa shape index (κ1) is 14.0. The Morgan fingerprint density at radius 1 is 1.38 bits per heavy atom. The van der Waals surface area contributed by atoms with Crippen molar-refractivity contribution in [1.29, 1.82) is 0 Å². The van der Waals surface area contributed by atoms with Crippen LogP contribution in [0.25, 0.3) is 10.9 Å². The van der Waals surface area contributed by atoms with Crippen molar-refractivity contribution in [3.05, 3.63) is 41.1 Å². The van der Waals surface area contributed by atoms with Crippen LogP contribution in [0.2, 0.25) is 0 Å². The SMILES string of the molecule is Cc1ccc2nc(C3CC3)cc(C(=O)N(C)CCO)c2c1. The van der Waals surface area contributed by atoms with E-state index in [-0.39, 0.29) is 12.5 Å². The average Bonchev–Trinajstić information content (AvgIpc) is 3.30. The molecule has 0 radical (unpaired) electrons. The Morgan fingerprint density at radius 2 is 2.14 bits per heavy atom. The summed E-state index contributed by atoms with van der Waals surface area (Å²) < 4.78 is 0. The lowest BCUT2D eigenvalue weighted by molar-refractivity contribution is 0.0768. The summed E-state index contributed by atoms with van der Waals surface area (Å²) >= 11 is 0. The number of aliphatic hydroxyl groups excluding tert-OH is 1. The third-order valence-electron chi connectivity index (χ3n) is 3.99. The number of nitrogens with zero attached hydrogens (tertiary/aromatic N) is 2. The van der Waals surface area contributed by atoms with Gasteiger partial charge in [0.15, 0.2) is 0 Å². The number of fused-ring (bicyclic) bond motifs is 1. The van der Waals surface area contributed by atoms with E-state index in [4.69, 9.17) is 10.1 Å². The highest BCUT2D eigenvalue weighted by molar-refractivity contribution is 6.06. The molecular formula is C17H20N2O2. The van der Waals surface area contributed by atoms with Gasteiger partial charge in [0.25, 0.3) is 5.91 Å². The van der Waals surface area contributed by atoms with Gasteiger partial charge in [-0.05, 0) is 38.0 Å². The molecule has 0 spiro atoms. The summed E-state index contributed by atoms with van der Waals surface area (Å²) in [5.41, 5.74) is 3.71. The van der Waals surface area contributed by atoms with Gasteiger partial charge < -0.3 is 10.0 Å². The molecule has 2 aromatic rings. The lowest BCUT2D eigenvalue weighted by Crippen LogP contribution is -2.29. The highest BCUT2D eigenvalue weighted by Crippen LogP contribution is 2.40.